The molecule has 0 saturated carbocycles. The lowest BCUT2D eigenvalue weighted by atomic mass is 9.92. The van der Waals surface area contributed by atoms with Crippen molar-refractivity contribution in [3.05, 3.63) is 53.1 Å². The summed E-state index contributed by atoms with van der Waals surface area (Å²) >= 11 is 0. The molecular formula is C22H23N3O5. The first kappa shape index (κ1) is 19.8. The second-order valence-electron chi connectivity index (χ2n) is 7.88. The van der Waals surface area contributed by atoms with Crippen LogP contribution in [0.3, 0.4) is 0 Å². The SMILES string of the molecule is Cc1ccc(NC(=O)CN2C(=O)N[C@](C)(Cc3ccc4c(c3)OCO4)C2=O)c(C)c1. The van der Waals surface area contributed by atoms with Gasteiger partial charge in [0.05, 0.1) is 0 Å². The molecule has 0 bridgehead atoms. The molecule has 8 heteroatoms. The molecule has 4 rings (SSSR count). The molecule has 1 saturated heterocycles. The number of carbonyl (C=O) groups is 3. The van der Waals surface area contributed by atoms with Crippen molar-refractivity contribution in [2.75, 3.05) is 18.7 Å². The fraction of sp³-hybridized carbons (Fsp3) is 0.318. The quantitative estimate of drug-likeness (QED) is 0.740. The fourth-order valence-electron chi connectivity index (χ4n) is 3.76. The molecule has 2 N–H and O–H groups in total. The maximum atomic E-state index is 13.0. The van der Waals surface area contributed by atoms with E-state index in [1.807, 2.05) is 32.0 Å². The number of anilines is 1. The number of nitrogens with one attached hydrogen (secondary N) is 2. The average molecular weight is 409 g/mol. The minimum atomic E-state index is -1.15. The molecule has 1 fully saturated rings. The van der Waals surface area contributed by atoms with Crippen molar-refractivity contribution in [1.82, 2.24) is 10.2 Å². The second-order valence-corrected chi connectivity index (χ2v) is 7.88. The van der Waals surface area contributed by atoms with Crippen molar-refractivity contribution in [3.8, 4) is 11.5 Å². The van der Waals surface area contributed by atoms with Crippen LogP contribution in [0, 0.1) is 13.8 Å². The Hall–Kier alpha value is -3.55. The van der Waals surface area contributed by atoms with Gasteiger partial charge in [-0.1, -0.05) is 23.8 Å². The Kier molecular flexibility index (Phi) is 4.85. The molecule has 0 spiro atoms. The van der Waals surface area contributed by atoms with Gasteiger partial charge >= 0.3 is 6.03 Å². The summed E-state index contributed by atoms with van der Waals surface area (Å²) in [6, 6.07) is 10.5. The van der Waals surface area contributed by atoms with E-state index in [2.05, 4.69) is 10.6 Å². The highest BCUT2D eigenvalue weighted by Crippen LogP contribution is 2.34. The summed E-state index contributed by atoms with van der Waals surface area (Å²) in [6.07, 6.45) is 0.267. The number of rotatable bonds is 5. The Bertz CT molecular complexity index is 1050. The minimum absolute atomic E-state index is 0.162. The van der Waals surface area contributed by atoms with E-state index >= 15 is 0 Å². The van der Waals surface area contributed by atoms with Gasteiger partial charge in [-0.25, -0.2) is 4.79 Å². The van der Waals surface area contributed by atoms with Crippen LogP contribution in [-0.4, -0.2) is 41.6 Å². The summed E-state index contributed by atoms with van der Waals surface area (Å²) in [4.78, 5) is 38.9. The second kappa shape index (κ2) is 7.37. The van der Waals surface area contributed by atoms with Crippen LogP contribution in [0.2, 0.25) is 0 Å². The van der Waals surface area contributed by atoms with E-state index in [0.717, 1.165) is 21.6 Å². The lowest BCUT2D eigenvalue weighted by Crippen LogP contribution is -2.46. The number of imide groups is 1. The zero-order valence-electron chi connectivity index (χ0n) is 17.1. The Morgan fingerprint density at radius 3 is 2.67 bits per heavy atom. The van der Waals surface area contributed by atoms with Crippen LogP contribution in [0.4, 0.5) is 10.5 Å². The first-order valence-electron chi connectivity index (χ1n) is 9.65. The van der Waals surface area contributed by atoms with Gasteiger partial charge in [0.2, 0.25) is 12.7 Å². The van der Waals surface area contributed by atoms with Crippen LogP contribution >= 0.6 is 0 Å². The zero-order chi connectivity index (χ0) is 21.5. The monoisotopic (exact) mass is 409 g/mol. The van der Waals surface area contributed by atoms with E-state index in [1.165, 1.54) is 0 Å². The number of hydrogen-bond acceptors (Lipinski definition) is 5. The summed E-state index contributed by atoms with van der Waals surface area (Å²) in [5.41, 5.74) is 2.31. The van der Waals surface area contributed by atoms with E-state index in [4.69, 9.17) is 9.47 Å². The number of hydrogen-bond donors (Lipinski definition) is 2. The molecule has 30 heavy (non-hydrogen) atoms. The number of aryl methyl sites for hydroxylation is 2. The van der Waals surface area contributed by atoms with Crippen LogP contribution in [0.5, 0.6) is 11.5 Å². The Labute approximate surface area is 174 Å². The number of benzene rings is 2. The highest BCUT2D eigenvalue weighted by atomic mass is 16.7. The topological polar surface area (TPSA) is 97.0 Å². The third-order valence-electron chi connectivity index (χ3n) is 5.30. The Morgan fingerprint density at radius 2 is 1.90 bits per heavy atom. The molecule has 8 nitrogen and oxygen atoms in total. The lowest BCUT2D eigenvalue weighted by Gasteiger charge is -2.22. The summed E-state index contributed by atoms with van der Waals surface area (Å²) in [6.45, 7) is 5.31. The number of amides is 4. The molecule has 2 aromatic rings. The van der Waals surface area contributed by atoms with Crippen LogP contribution in [0.25, 0.3) is 0 Å². The largest absolute Gasteiger partial charge is 0.454 e. The summed E-state index contributed by atoms with van der Waals surface area (Å²) in [7, 11) is 0. The molecule has 0 aromatic heterocycles. The molecule has 2 heterocycles. The smallest absolute Gasteiger partial charge is 0.325 e. The molecule has 0 unspecified atom stereocenters. The Morgan fingerprint density at radius 1 is 1.13 bits per heavy atom. The first-order chi connectivity index (χ1) is 14.2. The molecular weight excluding hydrogens is 386 g/mol. The van der Waals surface area contributed by atoms with Crippen molar-refractivity contribution in [2.24, 2.45) is 0 Å². The number of ether oxygens (including phenoxy) is 2. The molecule has 0 radical (unpaired) electrons. The van der Waals surface area contributed by atoms with Gasteiger partial charge in [-0.15, -0.1) is 0 Å². The predicted octanol–water partition coefficient (Wildman–Crippen LogP) is 2.52. The van der Waals surface area contributed by atoms with E-state index < -0.39 is 23.4 Å². The summed E-state index contributed by atoms with van der Waals surface area (Å²) < 4.78 is 10.7. The summed E-state index contributed by atoms with van der Waals surface area (Å²) in [5.74, 6) is 0.381. The highest BCUT2D eigenvalue weighted by molar-refractivity contribution is 6.10. The van der Waals surface area contributed by atoms with Crippen molar-refractivity contribution >= 4 is 23.5 Å². The number of fused-ring (bicyclic) bond motifs is 1. The van der Waals surface area contributed by atoms with Gasteiger partial charge in [-0.3, -0.25) is 14.5 Å². The van der Waals surface area contributed by atoms with Crippen LogP contribution in [0.1, 0.15) is 23.6 Å². The molecule has 1 atom stereocenters. The van der Waals surface area contributed by atoms with Gasteiger partial charge < -0.3 is 20.1 Å². The van der Waals surface area contributed by atoms with Gasteiger partial charge in [0, 0.05) is 12.1 Å². The number of urea groups is 1. The minimum Gasteiger partial charge on any atom is -0.454 e. The molecule has 2 aromatic carbocycles. The van der Waals surface area contributed by atoms with Crippen molar-refractivity contribution in [3.63, 3.8) is 0 Å². The molecule has 156 valence electrons. The maximum absolute atomic E-state index is 13.0. The molecule has 4 amide bonds. The fourth-order valence-corrected chi connectivity index (χ4v) is 3.76. The van der Waals surface area contributed by atoms with E-state index in [9.17, 15) is 14.4 Å². The number of nitrogens with zero attached hydrogens (tertiary/aromatic N) is 1. The molecule has 2 aliphatic rings. The summed E-state index contributed by atoms with van der Waals surface area (Å²) in [5, 5.41) is 5.49. The zero-order valence-corrected chi connectivity index (χ0v) is 17.1. The van der Waals surface area contributed by atoms with Crippen LogP contribution in [-0.2, 0) is 16.0 Å². The predicted molar refractivity (Wildman–Crippen MR) is 109 cm³/mol. The van der Waals surface area contributed by atoms with Crippen molar-refractivity contribution < 1.29 is 23.9 Å². The van der Waals surface area contributed by atoms with Gasteiger partial charge in [-0.2, -0.15) is 0 Å². The average Bonchev–Trinajstić information content (AvgIpc) is 3.22. The van der Waals surface area contributed by atoms with Crippen molar-refractivity contribution in [2.45, 2.75) is 32.7 Å². The standard InChI is InChI=1S/C22H23N3O5/c1-13-4-6-16(14(2)8-13)23-19(26)11-25-20(27)22(3,24-21(25)28)10-15-5-7-17-18(9-15)30-12-29-17/h4-9H,10-12H2,1-3H3,(H,23,26)(H,24,28)/t22-/m1/s1. The molecule has 0 aliphatic carbocycles. The normalized spacial score (nSPS) is 19.8. The third-order valence-corrected chi connectivity index (χ3v) is 5.30. The van der Waals surface area contributed by atoms with Crippen molar-refractivity contribution in [1.29, 1.82) is 0 Å². The maximum Gasteiger partial charge on any atom is 0.325 e. The van der Waals surface area contributed by atoms with E-state index in [0.29, 0.717) is 17.2 Å². The van der Waals surface area contributed by atoms with Gasteiger partial charge in [0.1, 0.15) is 12.1 Å². The van der Waals surface area contributed by atoms with Crippen LogP contribution < -0.4 is 20.1 Å². The van der Waals surface area contributed by atoms with E-state index in [-0.39, 0.29) is 19.8 Å². The van der Waals surface area contributed by atoms with E-state index in [1.54, 1.807) is 25.1 Å². The third kappa shape index (κ3) is 3.68. The van der Waals surface area contributed by atoms with Crippen LogP contribution in [0.15, 0.2) is 36.4 Å². The van der Waals surface area contributed by atoms with Gasteiger partial charge in [-0.05, 0) is 50.1 Å². The van der Waals surface area contributed by atoms with Gasteiger partial charge in [0.25, 0.3) is 5.91 Å². The van der Waals surface area contributed by atoms with Gasteiger partial charge in [0.15, 0.2) is 11.5 Å². The molecule has 2 aliphatic heterocycles. The number of carbonyl (C=O) groups excluding carboxylic acids is 3. The first-order valence-corrected chi connectivity index (χ1v) is 9.65. The Balaban J connectivity index is 1.44. The highest BCUT2D eigenvalue weighted by Gasteiger charge is 2.48. The lowest BCUT2D eigenvalue weighted by molar-refractivity contribution is -0.133.